The van der Waals surface area contributed by atoms with Crippen LogP contribution in [0.2, 0.25) is 13.1 Å². The predicted molar refractivity (Wildman–Crippen MR) is 70.1 cm³/mol. The van der Waals surface area contributed by atoms with Crippen molar-refractivity contribution in [3.8, 4) is 11.8 Å². The lowest BCUT2D eigenvalue weighted by Gasteiger charge is -2.23. The summed E-state index contributed by atoms with van der Waals surface area (Å²) >= 11 is 0. The molecule has 0 atom stereocenters. The van der Waals surface area contributed by atoms with Crippen LogP contribution in [-0.4, -0.2) is 15.2 Å². The van der Waals surface area contributed by atoms with Gasteiger partial charge in [0, 0.05) is 6.61 Å². The van der Waals surface area contributed by atoms with E-state index in [1.54, 1.807) is 12.1 Å². The van der Waals surface area contributed by atoms with E-state index in [2.05, 4.69) is 13.0 Å². The third kappa shape index (κ3) is 5.03. The second-order valence-corrected chi connectivity index (χ2v) is 7.63. The van der Waals surface area contributed by atoms with Gasteiger partial charge in [-0.05, 0) is 43.8 Å². The molecule has 0 amide bonds. The molecule has 0 saturated carbocycles. The smallest absolute Gasteiger partial charge is 0.392 e. The Balaban J connectivity index is 2.53. The Morgan fingerprint density at radius 2 is 1.88 bits per heavy atom. The van der Waals surface area contributed by atoms with Crippen LogP contribution in [0.4, 0.5) is 0 Å². The molecule has 0 heterocycles. The van der Waals surface area contributed by atoms with Crippen molar-refractivity contribution in [2.45, 2.75) is 32.9 Å². The van der Waals surface area contributed by atoms with E-state index in [4.69, 9.17) is 14.1 Å². The topological polar surface area (TPSA) is 42.2 Å². The monoisotopic (exact) mass is 249 g/mol. The van der Waals surface area contributed by atoms with E-state index < -0.39 is 8.56 Å². The van der Waals surface area contributed by atoms with E-state index in [1.165, 1.54) is 0 Å². The molecule has 0 aliphatic carbocycles. The van der Waals surface area contributed by atoms with Crippen LogP contribution in [0.1, 0.15) is 25.3 Å². The van der Waals surface area contributed by atoms with E-state index in [9.17, 15) is 0 Å². The Kier molecular flexibility index (Phi) is 5.20. The molecule has 0 bridgehead atoms. The van der Waals surface area contributed by atoms with Gasteiger partial charge in [-0.3, -0.25) is 0 Å². The van der Waals surface area contributed by atoms with E-state index in [0.29, 0.717) is 5.56 Å². The molecule has 4 heteroatoms. The summed E-state index contributed by atoms with van der Waals surface area (Å²) in [6.45, 7) is 6.95. The van der Waals surface area contributed by atoms with Gasteiger partial charge in [-0.15, -0.1) is 0 Å². The highest BCUT2D eigenvalue weighted by molar-refractivity contribution is 6.65. The molecular weight excluding hydrogens is 230 g/mol. The van der Waals surface area contributed by atoms with Crippen molar-refractivity contribution < 1.29 is 8.85 Å². The molecule has 3 nitrogen and oxygen atoms in total. The quantitative estimate of drug-likeness (QED) is 0.573. The van der Waals surface area contributed by atoms with Crippen molar-refractivity contribution in [2.24, 2.45) is 0 Å². The van der Waals surface area contributed by atoms with Crippen LogP contribution < -0.4 is 4.43 Å². The Morgan fingerprint density at radius 1 is 1.24 bits per heavy atom. The van der Waals surface area contributed by atoms with Gasteiger partial charge in [0.2, 0.25) is 0 Å². The molecule has 1 aromatic carbocycles. The van der Waals surface area contributed by atoms with Crippen LogP contribution in [0.15, 0.2) is 24.3 Å². The van der Waals surface area contributed by atoms with Crippen LogP contribution in [-0.2, 0) is 4.43 Å². The zero-order chi connectivity index (χ0) is 12.7. The molecule has 0 spiro atoms. The molecule has 92 valence electrons. The van der Waals surface area contributed by atoms with Crippen LogP contribution in [0, 0.1) is 11.3 Å². The Morgan fingerprint density at radius 3 is 2.41 bits per heavy atom. The highest BCUT2D eigenvalue weighted by atomic mass is 28.4. The van der Waals surface area contributed by atoms with Crippen molar-refractivity contribution in [2.75, 3.05) is 6.61 Å². The average molecular weight is 249 g/mol. The van der Waals surface area contributed by atoms with Gasteiger partial charge in [0.1, 0.15) is 5.75 Å². The standard InChI is InChI=1S/C13H19NO2Si/c1-4-5-10-15-17(2,3)16-13-8-6-12(11-14)7-9-13/h6-9H,4-5,10H2,1-3H3. The van der Waals surface area contributed by atoms with Crippen LogP contribution >= 0.6 is 0 Å². The van der Waals surface area contributed by atoms with Gasteiger partial charge in [0.25, 0.3) is 0 Å². The maximum Gasteiger partial charge on any atom is 0.392 e. The van der Waals surface area contributed by atoms with Gasteiger partial charge in [-0.2, -0.15) is 5.26 Å². The fraction of sp³-hybridized carbons (Fsp3) is 0.462. The number of unbranched alkanes of at least 4 members (excludes halogenated alkanes) is 1. The van der Waals surface area contributed by atoms with Crippen molar-refractivity contribution in [1.82, 2.24) is 0 Å². The first-order valence-corrected chi connectivity index (χ1v) is 8.72. The number of nitriles is 1. The maximum atomic E-state index is 8.70. The molecule has 17 heavy (non-hydrogen) atoms. The number of hydrogen-bond donors (Lipinski definition) is 0. The lowest BCUT2D eigenvalue weighted by atomic mass is 10.2. The largest absolute Gasteiger partial charge is 0.520 e. The van der Waals surface area contributed by atoms with Crippen molar-refractivity contribution in [1.29, 1.82) is 5.26 Å². The molecule has 0 radical (unpaired) electrons. The first-order valence-electron chi connectivity index (χ1n) is 5.90. The Labute approximate surface area is 104 Å². The van der Waals surface area contributed by atoms with Gasteiger partial charge in [0.05, 0.1) is 11.6 Å². The van der Waals surface area contributed by atoms with Crippen molar-refractivity contribution >= 4 is 8.56 Å². The van der Waals surface area contributed by atoms with Crippen LogP contribution in [0.25, 0.3) is 0 Å². The van der Waals surface area contributed by atoms with Crippen molar-refractivity contribution in [3.05, 3.63) is 29.8 Å². The molecule has 0 N–H and O–H groups in total. The van der Waals surface area contributed by atoms with Gasteiger partial charge in [-0.25, -0.2) is 0 Å². The van der Waals surface area contributed by atoms with Crippen LogP contribution in [0.5, 0.6) is 5.75 Å². The van der Waals surface area contributed by atoms with E-state index in [1.807, 2.05) is 25.2 Å². The molecular formula is C13H19NO2Si. The van der Waals surface area contributed by atoms with Gasteiger partial charge >= 0.3 is 8.56 Å². The first kappa shape index (κ1) is 13.8. The summed E-state index contributed by atoms with van der Waals surface area (Å²) in [5, 5.41) is 8.70. The molecule has 0 fully saturated rings. The highest BCUT2D eigenvalue weighted by Crippen LogP contribution is 2.17. The summed E-state index contributed by atoms with van der Waals surface area (Å²) in [6.07, 6.45) is 2.19. The lowest BCUT2D eigenvalue weighted by Crippen LogP contribution is -2.38. The number of rotatable bonds is 6. The van der Waals surface area contributed by atoms with E-state index >= 15 is 0 Å². The number of nitrogens with zero attached hydrogens (tertiary/aromatic N) is 1. The average Bonchev–Trinajstić information content (AvgIpc) is 2.30. The van der Waals surface area contributed by atoms with Gasteiger partial charge in [0.15, 0.2) is 0 Å². The van der Waals surface area contributed by atoms with E-state index in [0.717, 1.165) is 25.2 Å². The second-order valence-electron chi connectivity index (χ2n) is 4.34. The Hall–Kier alpha value is -1.31. The molecule has 0 aromatic heterocycles. The molecule has 0 saturated heterocycles. The summed E-state index contributed by atoms with van der Waals surface area (Å²) in [5.74, 6) is 0.775. The van der Waals surface area contributed by atoms with Gasteiger partial charge < -0.3 is 8.85 Å². The summed E-state index contributed by atoms with van der Waals surface area (Å²) in [7, 11) is -2.09. The minimum atomic E-state index is -2.09. The summed E-state index contributed by atoms with van der Waals surface area (Å²) in [5.41, 5.74) is 0.642. The fourth-order valence-corrected chi connectivity index (χ4v) is 2.77. The minimum absolute atomic E-state index is 0.642. The summed E-state index contributed by atoms with van der Waals surface area (Å²) in [4.78, 5) is 0. The summed E-state index contributed by atoms with van der Waals surface area (Å²) < 4.78 is 11.6. The first-order chi connectivity index (χ1) is 8.07. The molecule has 1 aromatic rings. The number of hydrogen-bond acceptors (Lipinski definition) is 3. The molecule has 0 unspecified atom stereocenters. The zero-order valence-corrected chi connectivity index (χ0v) is 11.7. The zero-order valence-electron chi connectivity index (χ0n) is 10.7. The van der Waals surface area contributed by atoms with Crippen LogP contribution in [0.3, 0.4) is 0 Å². The molecule has 0 aliphatic heterocycles. The fourth-order valence-electron chi connectivity index (χ4n) is 1.37. The normalized spacial score (nSPS) is 10.9. The van der Waals surface area contributed by atoms with E-state index in [-0.39, 0.29) is 0 Å². The summed E-state index contributed by atoms with van der Waals surface area (Å²) in [6, 6.07) is 9.23. The Bertz CT molecular complexity index is 381. The van der Waals surface area contributed by atoms with Crippen molar-refractivity contribution in [3.63, 3.8) is 0 Å². The lowest BCUT2D eigenvalue weighted by molar-refractivity contribution is 0.243. The molecule has 0 aliphatic rings. The van der Waals surface area contributed by atoms with Gasteiger partial charge in [-0.1, -0.05) is 13.3 Å². The molecule has 1 rings (SSSR count). The maximum absolute atomic E-state index is 8.70. The third-order valence-electron chi connectivity index (χ3n) is 2.29. The second kappa shape index (κ2) is 6.43. The third-order valence-corrected chi connectivity index (χ3v) is 3.92. The SMILES string of the molecule is CCCCO[Si](C)(C)Oc1ccc(C#N)cc1. The number of benzene rings is 1. The minimum Gasteiger partial charge on any atom is -0.520 e. The highest BCUT2D eigenvalue weighted by Gasteiger charge is 2.26. The predicted octanol–water partition coefficient (Wildman–Crippen LogP) is 3.46.